The van der Waals surface area contributed by atoms with Gasteiger partial charge in [0.05, 0.1) is 11.3 Å². The summed E-state index contributed by atoms with van der Waals surface area (Å²) in [5.41, 5.74) is 3.39. The van der Waals surface area contributed by atoms with Gasteiger partial charge >= 0.3 is 6.03 Å². The van der Waals surface area contributed by atoms with Crippen LogP contribution in [0.5, 0.6) is 0 Å². The van der Waals surface area contributed by atoms with Crippen molar-refractivity contribution in [1.82, 2.24) is 14.8 Å². The molecule has 164 valence electrons. The van der Waals surface area contributed by atoms with E-state index >= 15 is 0 Å². The molecule has 2 saturated heterocycles. The fraction of sp³-hybridized carbons (Fsp3) is 0.480. The van der Waals surface area contributed by atoms with Crippen LogP contribution in [0.4, 0.5) is 10.5 Å². The third kappa shape index (κ3) is 4.89. The molecule has 1 unspecified atom stereocenters. The van der Waals surface area contributed by atoms with E-state index < -0.39 is 0 Å². The molecule has 0 saturated carbocycles. The summed E-state index contributed by atoms with van der Waals surface area (Å²) in [5, 5.41) is 2.96. The molecule has 1 N–H and O–H groups in total. The van der Waals surface area contributed by atoms with Crippen LogP contribution >= 0.6 is 0 Å². The number of aryl methyl sites for hydroxylation is 1. The minimum absolute atomic E-state index is 0.0692. The van der Waals surface area contributed by atoms with Crippen LogP contribution in [-0.4, -0.2) is 52.4 Å². The number of piperidine rings is 2. The molecule has 0 bridgehead atoms. The number of anilines is 1. The van der Waals surface area contributed by atoms with Crippen molar-refractivity contribution in [2.75, 3.05) is 25.0 Å². The van der Waals surface area contributed by atoms with Gasteiger partial charge in [-0.25, -0.2) is 4.79 Å². The lowest BCUT2D eigenvalue weighted by Gasteiger charge is -2.35. The molecule has 4 rings (SSSR count). The van der Waals surface area contributed by atoms with Crippen LogP contribution in [-0.2, 0) is 0 Å². The van der Waals surface area contributed by atoms with Crippen molar-refractivity contribution in [3.8, 4) is 0 Å². The second kappa shape index (κ2) is 9.50. The summed E-state index contributed by atoms with van der Waals surface area (Å²) in [5.74, 6) is 0.304. The van der Waals surface area contributed by atoms with Gasteiger partial charge in [-0.2, -0.15) is 0 Å². The van der Waals surface area contributed by atoms with E-state index in [1.165, 1.54) is 6.42 Å². The van der Waals surface area contributed by atoms with Crippen LogP contribution in [0.25, 0.3) is 0 Å². The molecule has 2 aliphatic heterocycles. The maximum atomic E-state index is 13.4. The zero-order valence-electron chi connectivity index (χ0n) is 18.5. The largest absolute Gasteiger partial charge is 0.336 e. The second-order valence-electron chi connectivity index (χ2n) is 8.79. The Balaban J connectivity index is 1.45. The Morgan fingerprint density at radius 3 is 2.42 bits per heavy atom. The molecule has 0 spiro atoms. The third-order valence-corrected chi connectivity index (χ3v) is 6.55. The van der Waals surface area contributed by atoms with Gasteiger partial charge in [-0.15, -0.1) is 0 Å². The molecule has 1 aromatic heterocycles. The molecule has 0 radical (unpaired) electrons. The topological polar surface area (TPSA) is 65.5 Å². The number of carbonyl (C=O) groups is 2. The number of aromatic nitrogens is 1. The summed E-state index contributed by atoms with van der Waals surface area (Å²) in [7, 11) is 0. The van der Waals surface area contributed by atoms with Crippen LogP contribution in [0.3, 0.4) is 0 Å². The monoisotopic (exact) mass is 420 g/mol. The number of hydrogen-bond donors (Lipinski definition) is 1. The molecule has 1 atom stereocenters. The van der Waals surface area contributed by atoms with E-state index in [4.69, 9.17) is 4.98 Å². The average Bonchev–Trinajstić information content (AvgIpc) is 2.80. The number of rotatable bonds is 3. The summed E-state index contributed by atoms with van der Waals surface area (Å²) >= 11 is 0. The van der Waals surface area contributed by atoms with Gasteiger partial charge in [0.2, 0.25) is 0 Å². The zero-order chi connectivity index (χ0) is 21.8. The third-order valence-electron chi connectivity index (χ3n) is 6.55. The molecule has 2 fully saturated rings. The van der Waals surface area contributed by atoms with Crippen molar-refractivity contribution in [3.63, 3.8) is 0 Å². The molecule has 31 heavy (non-hydrogen) atoms. The number of likely N-dealkylation sites (tertiary alicyclic amines) is 2. The first-order valence-electron chi connectivity index (χ1n) is 11.4. The van der Waals surface area contributed by atoms with Gasteiger partial charge in [-0.1, -0.05) is 18.2 Å². The standard InChI is InChI=1S/C25H32N4O2/c1-18-11-12-22(24(30)29-15-7-6-8-19(29)2)23(26-18)20-13-16-28(17-14-20)25(31)27-21-9-4-3-5-10-21/h3-5,9-12,19-20H,6-8,13-17H2,1-2H3,(H,27,31). The Labute approximate surface area is 184 Å². The molecular formula is C25H32N4O2. The number of benzene rings is 1. The Morgan fingerprint density at radius 2 is 1.71 bits per heavy atom. The lowest BCUT2D eigenvalue weighted by Crippen LogP contribution is -2.43. The Morgan fingerprint density at radius 1 is 0.968 bits per heavy atom. The highest BCUT2D eigenvalue weighted by Crippen LogP contribution is 2.31. The number of carbonyl (C=O) groups excluding carboxylic acids is 2. The first-order valence-corrected chi connectivity index (χ1v) is 11.4. The lowest BCUT2D eigenvalue weighted by atomic mass is 9.89. The highest BCUT2D eigenvalue weighted by molar-refractivity contribution is 5.96. The summed E-state index contributed by atoms with van der Waals surface area (Å²) in [6.07, 6.45) is 4.95. The Hall–Kier alpha value is -2.89. The summed E-state index contributed by atoms with van der Waals surface area (Å²) in [6.45, 7) is 6.26. The lowest BCUT2D eigenvalue weighted by molar-refractivity contribution is 0.0632. The number of pyridine rings is 1. The predicted molar refractivity (Wildman–Crippen MR) is 122 cm³/mol. The quantitative estimate of drug-likeness (QED) is 0.774. The van der Waals surface area contributed by atoms with Crippen molar-refractivity contribution in [2.24, 2.45) is 0 Å². The zero-order valence-corrected chi connectivity index (χ0v) is 18.5. The van der Waals surface area contributed by atoms with Crippen LogP contribution in [0.2, 0.25) is 0 Å². The van der Waals surface area contributed by atoms with E-state index in [1.54, 1.807) is 0 Å². The maximum Gasteiger partial charge on any atom is 0.321 e. The van der Waals surface area contributed by atoms with Gasteiger partial charge < -0.3 is 15.1 Å². The summed E-state index contributed by atoms with van der Waals surface area (Å²) < 4.78 is 0. The van der Waals surface area contributed by atoms with Crippen LogP contribution in [0, 0.1) is 6.92 Å². The molecule has 2 aromatic rings. The summed E-state index contributed by atoms with van der Waals surface area (Å²) in [4.78, 5) is 34.7. The van der Waals surface area contributed by atoms with Gasteiger partial charge in [-0.05, 0) is 70.2 Å². The fourth-order valence-electron chi connectivity index (χ4n) is 4.70. The number of nitrogens with one attached hydrogen (secondary N) is 1. The molecule has 1 aromatic carbocycles. The van der Waals surface area contributed by atoms with Crippen LogP contribution in [0.1, 0.15) is 66.7 Å². The SMILES string of the molecule is Cc1ccc(C(=O)N2CCCCC2C)c(C2CCN(C(=O)Nc3ccccc3)CC2)n1. The maximum absolute atomic E-state index is 13.4. The van der Waals surface area contributed by atoms with E-state index in [-0.39, 0.29) is 23.9 Å². The van der Waals surface area contributed by atoms with E-state index in [0.717, 1.165) is 54.9 Å². The van der Waals surface area contributed by atoms with E-state index in [9.17, 15) is 9.59 Å². The molecule has 6 nitrogen and oxygen atoms in total. The first-order chi connectivity index (χ1) is 15.0. The smallest absolute Gasteiger partial charge is 0.321 e. The van der Waals surface area contributed by atoms with E-state index in [2.05, 4.69) is 12.2 Å². The minimum atomic E-state index is -0.0692. The number of urea groups is 1. The van der Waals surface area contributed by atoms with Gasteiger partial charge in [0.25, 0.3) is 5.91 Å². The molecule has 2 aliphatic rings. The molecule has 3 heterocycles. The number of para-hydroxylation sites is 1. The number of amides is 3. The molecule has 0 aliphatic carbocycles. The van der Waals surface area contributed by atoms with Gasteiger partial charge in [0, 0.05) is 43.0 Å². The van der Waals surface area contributed by atoms with Crippen LogP contribution in [0.15, 0.2) is 42.5 Å². The van der Waals surface area contributed by atoms with Crippen molar-refractivity contribution < 1.29 is 9.59 Å². The normalized spacial score (nSPS) is 19.9. The van der Waals surface area contributed by atoms with Gasteiger partial charge in [0.15, 0.2) is 0 Å². The van der Waals surface area contributed by atoms with E-state index in [1.807, 2.05) is 59.2 Å². The first kappa shape index (κ1) is 21.3. The predicted octanol–water partition coefficient (Wildman–Crippen LogP) is 4.82. The van der Waals surface area contributed by atoms with Crippen molar-refractivity contribution in [2.45, 2.75) is 57.9 Å². The Kier molecular flexibility index (Phi) is 6.54. The van der Waals surface area contributed by atoms with Gasteiger partial charge in [0.1, 0.15) is 0 Å². The molecule has 6 heteroatoms. The molecular weight excluding hydrogens is 388 g/mol. The Bertz CT molecular complexity index is 922. The van der Waals surface area contributed by atoms with Crippen molar-refractivity contribution in [3.05, 3.63) is 59.4 Å². The van der Waals surface area contributed by atoms with Gasteiger partial charge in [-0.3, -0.25) is 9.78 Å². The molecule has 3 amide bonds. The average molecular weight is 421 g/mol. The summed E-state index contributed by atoms with van der Waals surface area (Å²) in [6, 6.07) is 13.6. The fourth-order valence-corrected chi connectivity index (χ4v) is 4.70. The number of nitrogens with zero attached hydrogens (tertiary/aromatic N) is 3. The highest BCUT2D eigenvalue weighted by Gasteiger charge is 2.31. The second-order valence-corrected chi connectivity index (χ2v) is 8.79. The minimum Gasteiger partial charge on any atom is -0.336 e. The van der Waals surface area contributed by atoms with Crippen LogP contribution < -0.4 is 5.32 Å². The highest BCUT2D eigenvalue weighted by atomic mass is 16.2. The van der Waals surface area contributed by atoms with Crippen molar-refractivity contribution in [1.29, 1.82) is 0 Å². The number of hydrogen-bond acceptors (Lipinski definition) is 3. The van der Waals surface area contributed by atoms with E-state index in [0.29, 0.717) is 13.1 Å². The van der Waals surface area contributed by atoms with Crippen molar-refractivity contribution >= 4 is 17.6 Å².